The van der Waals surface area contributed by atoms with Crippen molar-refractivity contribution in [2.45, 2.75) is 16.3 Å². The van der Waals surface area contributed by atoms with E-state index in [9.17, 15) is 18.0 Å². The lowest BCUT2D eigenvalue weighted by Crippen LogP contribution is -2.06. The quantitative estimate of drug-likeness (QED) is 0.276. The number of ether oxygens (including phenoxy) is 2. The molecule has 3 rings (SSSR count). The molecule has 1 aromatic heterocycles. The van der Waals surface area contributed by atoms with Crippen LogP contribution in [-0.4, -0.2) is 25.2 Å². The van der Waals surface area contributed by atoms with Gasteiger partial charge in [-0.25, -0.2) is 9.78 Å². The number of rotatable bonds is 6. The average molecular weight is 439 g/mol. The van der Waals surface area contributed by atoms with Gasteiger partial charge in [-0.1, -0.05) is 30.5 Å². The highest BCUT2D eigenvalue weighted by Gasteiger charge is 2.30. The first-order valence-corrected chi connectivity index (χ1v) is 10.1. The predicted octanol–water partition coefficient (Wildman–Crippen LogP) is 5.80. The monoisotopic (exact) mass is 439 g/mol. The summed E-state index contributed by atoms with van der Waals surface area (Å²) in [6.45, 7) is 3.80. The van der Waals surface area contributed by atoms with Gasteiger partial charge in [0, 0.05) is 11.3 Å². The Kier molecular flexibility index (Phi) is 6.18. The van der Waals surface area contributed by atoms with Crippen molar-refractivity contribution in [3.05, 3.63) is 59.7 Å². The van der Waals surface area contributed by atoms with Crippen LogP contribution in [-0.2, 0) is 21.5 Å². The summed E-state index contributed by atoms with van der Waals surface area (Å²) in [5.41, 5.74) is 1.08. The zero-order chi connectivity index (χ0) is 21.2. The summed E-state index contributed by atoms with van der Waals surface area (Å²) in [6, 6.07) is 8.76. The van der Waals surface area contributed by atoms with Crippen LogP contribution in [0.4, 0.5) is 13.2 Å². The normalized spacial score (nSPS) is 11.5. The minimum Gasteiger partial charge on any atom is -0.496 e. The van der Waals surface area contributed by atoms with E-state index in [0.29, 0.717) is 31.6 Å². The minimum absolute atomic E-state index is 0.195. The third kappa shape index (κ3) is 4.56. The second-order valence-electron chi connectivity index (χ2n) is 5.91. The standard InChI is InChI=1S/C20H16F3NO3S2/c1-11(18(25)27-3)13-5-4-6-16(26-2)14(13)10-28-19-24-15-9-12(20(21,22)23)7-8-17(15)29-19/h4-9H,1,10H2,2-3H3. The Labute approximate surface area is 173 Å². The summed E-state index contributed by atoms with van der Waals surface area (Å²) in [5, 5.41) is 0. The van der Waals surface area contributed by atoms with E-state index >= 15 is 0 Å². The molecule has 0 saturated carbocycles. The summed E-state index contributed by atoms with van der Waals surface area (Å²) in [6.07, 6.45) is -4.41. The predicted molar refractivity (Wildman–Crippen MR) is 108 cm³/mol. The lowest BCUT2D eigenvalue weighted by molar-refractivity contribution is -0.137. The van der Waals surface area contributed by atoms with Gasteiger partial charge < -0.3 is 9.47 Å². The zero-order valence-corrected chi connectivity index (χ0v) is 17.1. The van der Waals surface area contributed by atoms with Gasteiger partial charge >= 0.3 is 12.1 Å². The Morgan fingerprint density at radius 1 is 1.24 bits per heavy atom. The Balaban J connectivity index is 1.89. The molecular formula is C20H16F3NO3S2. The number of carbonyl (C=O) groups excluding carboxylic acids is 1. The van der Waals surface area contributed by atoms with Crippen LogP contribution in [0.5, 0.6) is 5.75 Å². The van der Waals surface area contributed by atoms with Crippen LogP contribution in [0.3, 0.4) is 0 Å². The molecule has 0 bridgehead atoms. The third-order valence-electron chi connectivity index (χ3n) is 4.15. The van der Waals surface area contributed by atoms with Gasteiger partial charge in [-0.2, -0.15) is 13.2 Å². The molecule has 0 amide bonds. The Morgan fingerprint density at radius 2 is 2.00 bits per heavy atom. The van der Waals surface area contributed by atoms with Crippen molar-refractivity contribution >= 4 is 44.9 Å². The van der Waals surface area contributed by atoms with E-state index in [-0.39, 0.29) is 5.57 Å². The van der Waals surface area contributed by atoms with E-state index in [0.717, 1.165) is 17.7 Å². The van der Waals surface area contributed by atoms with Gasteiger partial charge in [0.25, 0.3) is 0 Å². The number of aromatic nitrogens is 1. The number of fused-ring (bicyclic) bond motifs is 1. The van der Waals surface area contributed by atoms with Crippen molar-refractivity contribution in [2.24, 2.45) is 0 Å². The molecule has 1 heterocycles. The molecule has 0 N–H and O–H groups in total. The molecule has 29 heavy (non-hydrogen) atoms. The SMILES string of the molecule is C=C(C(=O)OC)c1cccc(OC)c1CSc1nc2cc(C(F)(F)F)ccc2s1. The number of hydrogen-bond acceptors (Lipinski definition) is 6. The van der Waals surface area contributed by atoms with E-state index in [1.807, 2.05) is 0 Å². The maximum atomic E-state index is 12.9. The second-order valence-corrected chi connectivity index (χ2v) is 8.16. The fourth-order valence-corrected chi connectivity index (χ4v) is 4.79. The molecule has 0 aliphatic carbocycles. The number of thiazole rings is 1. The van der Waals surface area contributed by atoms with Gasteiger partial charge in [0.2, 0.25) is 0 Å². The highest BCUT2D eigenvalue weighted by atomic mass is 32.2. The van der Waals surface area contributed by atoms with Gasteiger partial charge in [0.05, 0.1) is 35.6 Å². The lowest BCUT2D eigenvalue weighted by Gasteiger charge is -2.14. The third-order valence-corrected chi connectivity index (χ3v) is 6.35. The number of hydrogen-bond donors (Lipinski definition) is 0. The molecule has 0 aliphatic heterocycles. The van der Waals surface area contributed by atoms with Crippen LogP contribution in [0.2, 0.25) is 0 Å². The topological polar surface area (TPSA) is 48.4 Å². The first kappa shape index (κ1) is 21.2. The van der Waals surface area contributed by atoms with Crippen LogP contribution in [0.25, 0.3) is 15.8 Å². The van der Waals surface area contributed by atoms with E-state index in [1.54, 1.807) is 18.2 Å². The number of halogens is 3. The summed E-state index contributed by atoms with van der Waals surface area (Å²) in [7, 11) is 2.79. The first-order valence-electron chi connectivity index (χ1n) is 8.28. The minimum atomic E-state index is -4.41. The van der Waals surface area contributed by atoms with Gasteiger partial charge in [-0.3, -0.25) is 0 Å². The van der Waals surface area contributed by atoms with Gasteiger partial charge in [-0.05, 0) is 29.8 Å². The van der Waals surface area contributed by atoms with Crippen LogP contribution in [0.1, 0.15) is 16.7 Å². The molecule has 3 aromatic rings. The van der Waals surface area contributed by atoms with Crippen LogP contribution >= 0.6 is 23.1 Å². The van der Waals surface area contributed by atoms with Gasteiger partial charge in [-0.15, -0.1) is 11.3 Å². The Hall–Kier alpha value is -2.52. The fourth-order valence-electron chi connectivity index (χ4n) is 2.70. The molecular weight excluding hydrogens is 423 g/mol. The van der Waals surface area contributed by atoms with Gasteiger partial charge in [0.15, 0.2) is 4.34 Å². The fraction of sp³-hybridized carbons (Fsp3) is 0.200. The molecule has 9 heteroatoms. The molecule has 0 unspecified atom stereocenters. The molecule has 0 atom stereocenters. The van der Waals surface area contributed by atoms with E-state index < -0.39 is 17.7 Å². The number of thioether (sulfide) groups is 1. The molecule has 0 radical (unpaired) electrons. The summed E-state index contributed by atoms with van der Waals surface area (Å²) in [4.78, 5) is 16.2. The molecule has 0 spiro atoms. The maximum absolute atomic E-state index is 12.9. The number of carbonyl (C=O) groups is 1. The summed E-state index contributed by atoms with van der Waals surface area (Å²) in [5.74, 6) is 0.408. The second kappa shape index (κ2) is 8.46. The number of benzene rings is 2. The number of alkyl halides is 3. The number of nitrogens with zero attached hydrogens (tertiary/aromatic N) is 1. The van der Waals surface area contributed by atoms with E-state index in [4.69, 9.17) is 9.47 Å². The van der Waals surface area contributed by atoms with E-state index in [2.05, 4.69) is 11.6 Å². The van der Waals surface area contributed by atoms with E-state index in [1.165, 1.54) is 43.4 Å². The Bertz CT molecular complexity index is 1080. The van der Waals surface area contributed by atoms with Gasteiger partial charge in [0.1, 0.15) is 5.75 Å². The summed E-state index contributed by atoms with van der Waals surface area (Å²) < 4.78 is 50.1. The molecule has 2 aromatic carbocycles. The first-order chi connectivity index (χ1) is 13.7. The van der Waals surface area contributed by atoms with Crippen molar-refractivity contribution in [2.75, 3.05) is 14.2 Å². The average Bonchev–Trinajstić information content (AvgIpc) is 3.12. The van der Waals surface area contributed by atoms with Crippen molar-refractivity contribution in [1.82, 2.24) is 4.98 Å². The zero-order valence-electron chi connectivity index (χ0n) is 15.5. The molecule has 4 nitrogen and oxygen atoms in total. The molecule has 0 fully saturated rings. The van der Waals surface area contributed by atoms with Crippen LogP contribution in [0, 0.1) is 0 Å². The Morgan fingerprint density at radius 3 is 2.66 bits per heavy atom. The lowest BCUT2D eigenvalue weighted by atomic mass is 10.0. The molecule has 152 valence electrons. The van der Waals surface area contributed by atoms with Crippen LogP contribution in [0.15, 0.2) is 47.3 Å². The van der Waals surface area contributed by atoms with Crippen molar-refractivity contribution in [3.63, 3.8) is 0 Å². The smallest absolute Gasteiger partial charge is 0.416 e. The largest absolute Gasteiger partial charge is 0.496 e. The number of esters is 1. The van der Waals surface area contributed by atoms with Crippen LogP contribution < -0.4 is 4.74 Å². The highest BCUT2D eigenvalue weighted by Crippen LogP contribution is 2.38. The van der Waals surface area contributed by atoms with Crippen molar-refractivity contribution < 1.29 is 27.4 Å². The summed E-state index contributed by atoms with van der Waals surface area (Å²) >= 11 is 2.65. The highest BCUT2D eigenvalue weighted by molar-refractivity contribution is 8.00. The molecule has 0 saturated heterocycles. The van der Waals surface area contributed by atoms with Crippen molar-refractivity contribution in [3.8, 4) is 5.75 Å². The maximum Gasteiger partial charge on any atom is 0.416 e. The van der Waals surface area contributed by atoms with Crippen molar-refractivity contribution in [1.29, 1.82) is 0 Å². The molecule has 0 aliphatic rings. The number of methoxy groups -OCH3 is 2.